The zero-order valence-electron chi connectivity index (χ0n) is 11.2. The fraction of sp³-hybridized carbons (Fsp3) is 0.462. The molecule has 1 unspecified atom stereocenters. The highest BCUT2D eigenvalue weighted by Gasteiger charge is 2.22. The molecule has 1 atom stereocenters. The second-order valence-corrected chi connectivity index (χ2v) is 4.28. The number of pyridine rings is 1. The summed E-state index contributed by atoms with van der Waals surface area (Å²) in [6.07, 6.45) is 1.46. The second kappa shape index (κ2) is 6.84. The molecule has 19 heavy (non-hydrogen) atoms. The number of nitrogens with zero attached hydrogens (tertiary/aromatic N) is 2. The van der Waals surface area contributed by atoms with Crippen molar-refractivity contribution in [2.75, 3.05) is 6.54 Å². The fourth-order valence-electron chi connectivity index (χ4n) is 1.91. The largest absolute Gasteiger partial charge is 0.481 e. The minimum absolute atomic E-state index is 0.0750. The van der Waals surface area contributed by atoms with E-state index in [1.165, 1.54) is 11.1 Å². The van der Waals surface area contributed by atoms with Gasteiger partial charge in [-0.3, -0.25) is 14.6 Å². The SMILES string of the molecule is CCN(C(=O)c1ccnc(CN)c1)C(C)CC(=O)O. The molecule has 104 valence electrons. The van der Waals surface area contributed by atoms with Crippen LogP contribution in [0.1, 0.15) is 36.3 Å². The van der Waals surface area contributed by atoms with E-state index >= 15 is 0 Å². The van der Waals surface area contributed by atoms with Gasteiger partial charge in [0.1, 0.15) is 0 Å². The summed E-state index contributed by atoms with van der Waals surface area (Å²) in [5, 5.41) is 8.80. The lowest BCUT2D eigenvalue weighted by atomic mass is 10.1. The molecule has 0 aliphatic carbocycles. The average molecular weight is 265 g/mol. The molecule has 0 saturated carbocycles. The molecule has 6 heteroatoms. The highest BCUT2D eigenvalue weighted by atomic mass is 16.4. The van der Waals surface area contributed by atoms with Gasteiger partial charge in [-0.15, -0.1) is 0 Å². The summed E-state index contributed by atoms with van der Waals surface area (Å²) < 4.78 is 0. The third kappa shape index (κ3) is 4.03. The minimum atomic E-state index is -0.920. The number of aromatic nitrogens is 1. The maximum Gasteiger partial charge on any atom is 0.305 e. The maximum absolute atomic E-state index is 12.3. The molecule has 0 aromatic carbocycles. The lowest BCUT2D eigenvalue weighted by molar-refractivity contribution is -0.138. The van der Waals surface area contributed by atoms with Crippen molar-refractivity contribution >= 4 is 11.9 Å². The van der Waals surface area contributed by atoms with E-state index in [0.717, 1.165) is 0 Å². The number of aliphatic carboxylic acids is 1. The van der Waals surface area contributed by atoms with Crippen LogP contribution < -0.4 is 5.73 Å². The molecule has 1 aromatic rings. The van der Waals surface area contributed by atoms with Gasteiger partial charge < -0.3 is 15.7 Å². The summed E-state index contributed by atoms with van der Waals surface area (Å²) in [6.45, 7) is 4.26. The molecule has 0 bridgehead atoms. The van der Waals surface area contributed by atoms with E-state index in [0.29, 0.717) is 17.8 Å². The lowest BCUT2D eigenvalue weighted by Crippen LogP contribution is -2.39. The van der Waals surface area contributed by atoms with E-state index in [-0.39, 0.29) is 24.9 Å². The topological polar surface area (TPSA) is 96.5 Å². The van der Waals surface area contributed by atoms with Crippen LogP contribution in [-0.2, 0) is 11.3 Å². The molecule has 0 spiro atoms. The summed E-state index contributed by atoms with van der Waals surface area (Å²) in [7, 11) is 0. The summed E-state index contributed by atoms with van der Waals surface area (Å²) in [6, 6.07) is 2.89. The van der Waals surface area contributed by atoms with Gasteiger partial charge in [0.15, 0.2) is 0 Å². The molecule has 0 radical (unpaired) electrons. The van der Waals surface area contributed by atoms with Crippen LogP contribution in [0.5, 0.6) is 0 Å². The molecule has 1 aromatic heterocycles. The molecule has 1 heterocycles. The number of carbonyl (C=O) groups is 2. The number of hydrogen-bond acceptors (Lipinski definition) is 4. The van der Waals surface area contributed by atoms with Crippen molar-refractivity contribution in [3.63, 3.8) is 0 Å². The van der Waals surface area contributed by atoms with Gasteiger partial charge in [-0.25, -0.2) is 0 Å². The summed E-state index contributed by atoms with van der Waals surface area (Å²) >= 11 is 0. The van der Waals surface area contributed by atoms with Gasteiger partial charge in [0, 0.05) is 30.9 Å². The van der Waals surface area contributed by atoms with E-state index < -0.39 is 5.97 Å². The van der Waals surface area contributed by atoms with Crippen molar-refractivity contribution in [2.24, 2.45) is 5.73 Å². The van der Waals surface area contributed by atoms with Crippen LogP contribution in [0.2, 0.25) is 0 Å². The Hall–Kier alpha value is -1.95. The summed E-state index contributed by atoms with van der Waals surface area (Å²) in [5.41, 5.74) is 6.60. The Balaban J connectivity index is 2.91. The maximum atomic E-state index is 12.3. The van der Waals surface area contributed by atoms with E-state index in [1.54, 1.807) is 19.1 Å². The van der Waals surface area contributed by atoms with Crippen LogP contribution in [0, 0.1) is 0 Å². The molecule has 6 nitrogen and oxygen atoms in total. The van der Waals surface area contributed by atoms with Crippen molar-refractivity contribution in [1.29, 1.82) is 0 Å². The number of amides is 1. The van der Waals surface area contributed by atoms with E-state index in [9.17, 15) is 9.59 Å². The van der Waals surface area contributed by atoms with Crippen molar-refractivity contribution in [1.82, 2.24) is 9.88 Å². The van der Waals surface area contributed by atoms with Crippen LogP contribution >= 0.6 is 0 Å². The second-order valence-electron chi connectivity index (χ2n) is 4.28. The monoisotopic (exact) mass is 265 g/mol. The first-order chi connectivity index (χ1) is 8.99. The van der Waals surface area contributed by atoms with Crippen molar-refractivity contribution in [2.45, 2.75) is 32.9 Å². The van der Waals surface area contributed by atoms with Crippen LogP contribution in [0.4, 0.5) is 0 Å². The van der Waals surface area contributed by atoms with Gasteiger partial charge in [-0.2, -0.15) is 0 Å². The first-order valence-electron chi connectivity index (χ1n) is 6.17. The number of carboxylic acids is 1. The van der Waals surface area contributed by atoms with Gasteiger partial charge in [0.05, 0.1) is 12.1 Å². The van der Waals surface area contributed by atoms with Crippen molar-refractivity contribution in [3.8, 4) is 0 Å². The smallest absolute Gasteiger partial charge is 0.305 e. The molecule has 3 N–H and O–H groups in total. The van der Waals surface area contributed by atoms with Crippen LogP contribution in [0.15, 0.2) is 18.3 Å². The van der Waals surface area contributed by atoms with Crippen molar-refractivity contribution in [3.05, 3.63) is 29.6 Å². The predicted octanol–water partition coefficient (Wildman–Crippen LogP) is 0.866. The summed E-state index contributed by atoms with van der Waals surface area (Å²) in [4.78, 5) is 28.6. The van der Waals surface area contributed by atoms with Gasteiger partial charge in [0.25, 0.3) is 5.91 Å². The molecule has 1 rings (SSSR count). The quantitative estimate of drug-likeness (QED) is 0.795. The number of carboxylic acid groups (broad SMARTS) is 1. The fourth-order valence-corrected chi connectivity index (χ4v) is 1.91. The van der Waals surface area contributed by atoms with E-state index in [1.807, 2.05) is 6.92 Å². The Morgan fingerprint density at radius 1 is 1.53 bits per heavy atom. The number of rotatable bonds is 6. The number of nitrogens with two attached hydrogens (primary N) is 1. The van der Waals surface area contributed by atoms with Crippen LogP contribution in [0.25, 0.3) is 0 Å². The lowest BCUT2D eigenvalue weighted by Gasteiger charge is -2.27. The van der Waals surface area contributed by atoms with Gasteiger partial charge in [-0.05, 0) is 26.0 Å². The predicted molar refractivity (Wildman–Crippen MR) is 70.6 cm³/mol. The van der Waals surface area contributed by atoms with Gasteiger partial charge >= 0.3 is 5.97 Å². The first kappa shape index (κ1) is 15.1. The average Bonchev–Trinajstić information content (AvgIpc) is 2.38. The van der Waals surface area contributed by atoms with Gasteiger partial charge in [0.2, 0.25) is 0 Å². The Kier molecular flexibility index (Phi) is 5.44. The Labute approximate surface area is 112 Å². The molecule has 1 amide bonds. The Morgan fingerprint density at radius 3 is 2.74 bits per heavy atom. The first-order valence-corrected chi connectivity index (χ1v) is 6.17. The number of hydrogen-bond donors (Lipinski definition) is 2. The zero-order chi connectivity index (χ0) is 14.4. The third-order valence-electron chi connectivity index (χ3n) is 2.88. The molecule has 0 aliphatic heterocycles. The Morgan fingerprint density at radius 2 is 2.21 bits per heavy atom. The number of carbonyl (C=O) groups excluding carboxylic acids is 1. The zero-order valence-corrected chi connectivity index (χ0v) is 11.2. The van der Waals surface area contributed by atoms with Crippen LogP contribution in [-0.4, -0.2) is 39.5 Å². The summed E-state index contributed by atoms with van der Waals surface area (Å²) in [5.74, 6) is -1.12. The standard InChI is InChI=1S/C13H19N3O3/c1-3-16(9(2)6-12(17)18)13(19)10-4-5-15-11(7-10)8-14/h4-5,7,9H,3,6,8,14H2,1-2H3,(H,17,18). The minimum Gasteiger partial charge on any atom is -0.481 e. The third-order valence-corrected chi connectivity index (χ3v) is 2.88. The Bertz CT molecular complexity index is 462. The molecule has 0 saturated heterocycles. The van der Waals surface area contributed by atoms with Crippen LogP contribution in [0.3, 0.4) is 0 Å². The van der Waals surface area contributed by atoms with E-state index in [4.69, 9.17) is 10.8 Å². The molecular weight excluding hydrogens is 246 g/mol. The molecular formula is C13H19N3O3. The highest BCUT2D eigenvalue weighted by Crippen LogP contribution is 2.11. The van der Waals surface area contributed by atoms with Crippen molar-refractivity contribution < 1.29 is 14.7 Å². The molecule has 0 fully saturated rings. The normalized spacial score (nSPS) is 11.9. The highest BCUT2D eigenvalue weighted by molar-refractivity contribution is 5.94. The molecule has 0 aliphatic rings. The van der Waals surface area contributed by atoms with E-state index in [2.05, 4.69) is 4.98 Å². The van der Waals surface area contributed by atoms with Gasteiger partial charge in [-0.1, -0.05) is 0 Å².